The lowest BCUT2D eigenvalue weighted by Crippen LogP contribution is -2.61. The second-order valence-electron chi connectivity index (χ2n) is 34.8. The largest absolute Gasteiger partial charge is 0.310 e. The summed E-state index contributed by atoms with van der Waals surface area (Å²) in [7, 11) is 0. The van der Waals surface area contributed by atoms with Crippen molar-refractivity contribution in [1.29, 1.82) is 0 Å². The molecule has 2 heterocycles. The molecule has 0 bridgehead atoms. The quantitative estimate of drug-likeness (QED) is 0.119. The van der Waals surface area contributed by atoms with E-state index in [1.54, 1.807) is 0 Å². The Morgan fingerprint density at radius 2 is 0.609 bits per heavy atom. The average Bonchev–Trinajstić information content (AvgIpc) is 1.15. The molecule has 3 aliphatic rings. The molecular formula is C107H93BN2. The highest BCUT2D eigenvalue weighted by molar-refractivity contribution is 7.00. The van der Waals surface area contributed by atoms with E-state index in [4.69, 9.17) is 0 Å². The lowest BCUT2D eigenvalue weighted by atomic mass is 9.33. The van der Waals surface area contributed by atoms with Crippen LogP contribution in [0.5, 0.6) is 0 Å². The van der Waals surface area contributed by atoms with E-state index in [1.165, 1.54) is 99.8 Å². The van der Waals surface area contributed by atoms with Crippen LogP contribution < -0.4 is 26.2 Å². The summed E-state index contributed by atoms with van der Waals surface area (Å²) >= 11 is 0. The first-order chi connectivity index (χ1) is 53.1. The maximum Gasteiger partial charge on any atom is 0.252 e. The van der Waals surface area contributed by atoms with Gasteiger partial charge in [0.25, 0.3) is 6.71 Å². The summed E-state index contributed by atoms with van der Waals surface area (Å²) in [6.07, 6.45) is 0. The molecule has 2 nitrogen and oxygen atoms in total. The Kier molecular flexibility index (Phi) is 16.9. The molecule has 110 heavy (non-hydrogen) atoms. The molecule has 0 saturated carbocycles. The Morgan fingerprint density at radius 3 is 1.11 bits per heavy atom. The molecule has 0 aromatic heterocycles. The molecule has 0 atom stereocenters. The predicted octanol–water partition coefficient (Wildman–Crippen LogP) is 27.0. The fraction of sp³-hybridized carbons (Fsp3) is 0.159. The van der Waals surface area contributed by atoms with Crippen LogP contribution in [-0.2, 0) is 27.1 Å². The second-order valence-corrected chi connectivity index (χ2v) is 34.8. The van der Waals surface area contributed by atoms with Gasteiger partial charge in [0.05, 0.1) is 16.8 Å². The van der Waals surface area contributed by atoms with Crippen LogP contribution in [0, 0.1) is 0 Å². The second kappa shape index (κ2) is 26.7. The van der Waals surface area contributed by atoms with Gasteiger partial charge in [-0.05, 0) is 186 Å². The maximum absolute atomic E-state index is 2.77. The van der Waals surface area contributed by atoms with Crippen LogP contribution in [0.4, 0.5) is 34.1 Å². The molecule has 0 saturated heterocycles. The zero-order valence-corrected chi connectivity index (χ0v) is 65.4. The molecular weight excluding hydrogens is 1320 g/mol. The minimum absolute atomic E-state index is 0.0163. The Morgan fingerprint density at radius 1 is 0.227 bits per heavy atom. The number of hydrogen-bond acceptors (Lipinski definition) is 2. The van der Waals surface area contributed by atoms with E-state index in [1.807, 2.05) is 0 Å². The highest BCUT2D eigenvalue weighted by Crippen LogP contribution is 2.61. The number of para-hydroxylation sites is 1. The molecule has 15 aromatic rings. The third kappa shape index (κ3) is 11.8. The van der Waals surface area contributed by atoms with Crippen LogP contribution in [0.25, 0.3) is 89.0 Å². The highest BCUT2D eigenvalue weighted by Gasteiger charge is 2.50. The van der Waals surface area contributed by atoms with E-state index >= 15 is 0 Å². The summed E-state index contributed by atoms with van der Waals surface area (Å²) < 4.78 is 0. The highest BCUT2D eigenvalue weighted by atomic mass is 15.2. The molecule has 0 spiro atoms. The van der Waals surface area contributed by atoms with Gasteiger partial charge in [0, 0.05) is 45.0 Å². The number of anilines is 6. The summed E-state index contributed by atoms with van der Waals surface area (Å²) in [6, 6.07) is 133. The average molecular weight is 1420 g/mol. The zero-order valence-electron chi connectivity index (χ0n) is 65.4. The van der Waals surface area contributed by atoms with Gasteiger partial charge in [-0.25, -0.2) is 0 Å². The van der Waals surface area contributed by atoms with E-state index in [0.29, 0.717) is 0 Å². The van der Waals surface area contributed by atoms with E-state index in [2.05, 4.69) is 439 Å². The summed E-state index contributed by atoms with van der Waals surface area (Å²) in [5, 5.41) is 0. The van der Waals surface area contributed by atoms with Gasteiger partial charge in [0.1, 0.15) is 0 Å². The van der Waals surface area contributed by atoms with Gasteiger partial charge < -0.3 is 9.80 Å². The molecule has 0 unspecified atom stereocenters. The van der Waals surface area contributed by atoms with Crippen molar-refractivity contribution in [2.45, 2.75) is 110 Å². The molecule has 3 heteroatoms. The molecule has 0 amide bonds. The molecule has 0 radical (unpaired) electrons. The Balaban J connectivity index is 1.06. The Labute approximate surface area is 652 Å². The van der Waals surface area contributed by atoms with E-state index in [-0.39, 0.29) is 28.4 Å². The maximum atomic E-state index is 2.77. The lowest BCUT2D eigenvalue weighted by molar-refractivity contribution is 0.569. The first-order valence-corrected chi connectivity index (χ1v) is 39.3. The lowest BCUT2D eigenvalue weighted by Gasteiger charge is -2.46. The smallest absolute Gasteiger partial charge is 0.252 e. The van der Waals surface area contributed by atoms with Crippen molar-refractivity contribution >= 4 is 57.2 Å². The van der Waals surface area contributed by atoms with Crippen molar-refractivity contribution in [3.8, 4) is 89.0 Å². The number of rotatable bonds is 11. The molecule has 15 aromatic carbocycles. The minimum atomic E-state index is -0.729. The number of hydrogen-bond donors (Lipinski definition) is 0. The summed E-state index contributed by atoms with van der Waals surface area (Å²) in [5.41, 5.74) is 38.1. The SMILES string of the molecule is CC(C)(C)c1ccc(-c2ccc3c(c2)B2c4ccc(-c5cc(C(C)(C)C)cc(C(C)(C)C)c5)cc4N(c4c(-c5ccccc5)cc(C(C)(C)C)cc4-c4ccccc4)c4cc(-c5cccc6c5C(c5ccccc5)(c5ccccc5)c5ccccc5-6)cc(c42)N3c2c(-c3ccccc3)cccc2-c2ccccc2)cc1. The molecule has 0 fully saturated rings. The van der Waals surface area contributed by atoms with Gasteiger partial charge in [-0.15, -0.1) is 0 Å². The van der Waals surface area contributed by atoms with Gasteiger partial charge in [-0.3, -0.25) is 0 Å². The predicted molar refractivity (Wildman–Crippen MR) is 471 cm³/mol. The van der Waals surface area contributed by atoms with Gasteiger partial charge in [-0.2, -0.15) is 0 Å². The van der Waals surface area contributed by atoms with Gasteiger partial charge in [-0.1, -0.05) is 392 Å². The topological polar surface area (TPSA) is 6.48 Å². The summed E-state index contributed by atoms with van der Waals surface area (Å²) in [5.74, 6) is 0. The standard InChI is InChI=1S/C107H93BN2/c1-103(2,3)79-57-53-70(54-58-79)75-56-60-95-94(63-75)108-93-59-55-76(77-61-82(104(4,5)6)67-83(62-77)105(7,8)9)64-96(93)110(102-90(73-39-23-15-24-40-73)68-84(106(10,11)12)69-91(102)74-41-25-16-26-42-74)98-66-78(65-97(100(98)108)109(95)101-86(71-35-19-13-20-36-71)49-34-50-87(101)72-37-21-14-22-38-72)85-48-33-51-89-88-47-31-32-52-92(88)107(99(85)89,80-43-27-17-28-44-80)81-45-29-18-30-46-81/h13-69H,1-12H3. The van der Waals surface area contributed by atoms with Gasteiger partial charge in [0.2, 0.25) is 0 Å². The Bertz CT molecular complexity index is 5840. The molecule has 534 valence electrons. The molecule has 2 aliphatic heterocycles. The van der Waals surface area contributed by atoms with Crippen LogP contribution in [0.15, 0.2) is 346 Å². The number of nitrogens with zero attached hydrogens (tertiary/aromatic N) is 2. The third-order valence-corrected chi connectivity index (χ3v) is 23.7. The molecule has 18 rings (SSSR count). The minimum Gasteiger partial charge on any atom is -0.310 e. The fourth-order valence-electron chi connectivity index (χ4n) is 18.0. The third-order valence-electron chi connectivity index (χ3n) is 23.7. The van der Waals surface area contributed by atoms with Crippen molar-refractivity contribution in [3.05, 3.63) is 390 Å². The first-order valence-electron chi connectivity index (χ1n) is 39.3. The number of fused-ring (bicyclic) bond motifs is 7. The van der Waals surface area contributed by atoms with Crippen molar-refractivity contribution in [2.75, 3.05) is 9.80 Å². The van der Waals surface area contributed by atoms with Crippen molar-refractivity contribution in [2.24, 2.45) is 0 Å². The first kappa shape index (κ1) is 69.7. The summed E-state index contributed by atoms with van der Waals surface area (Å²) in [6.45, 7) is 27.9. The van der Waals surface area contributed by atoms with Crippen LogP contribution >= 0.6 is 0 Å². The van der Waals surface area contributed by atoms with Gasteiger partial charge in [0.15, 0.2) is 0 Å². The van der Waals surface area contributed by atoms with Crippen molar-refractivity contribution < 1.29 is 0 Å². The van der Waals surface area contributed by atoms with Crippen LogP contribution in [0.2, 0.25) is 0 Å². The van der Waals surface area contributed by atoms with E-state index in [0.717, 1.165) is 84.2 Å². The Hall–Kier alpha value is -12.0. The zero-order chi connectivity index (χ0) is 75.6. The monoisotopic (exact) mass is 1420 g/mol. The van der Waals surface area contributed by atoms with E-state index in [9.17, 15) is 0 Å². The van der Waals surface area contributed by atoms with Crippen LogP contribution in [0.3, 0.4) is 0 Å². The van der Waals surface area contributed by atoms with E-state index < -0.39 is 5.41 Å². The number of benzene rings is 15. The van der Waals surface area contributed by atoms with Crippen molar-refractivity contribution in [1.82, 2.24) is 0 Å². The van der Waals surface area contributed by atoms with Crippen LogP contribution in [0.1, 0.15) is 128 Å². The molecule has 1 aliphatic carbocycles. The molecule has 0 N–H and O–H groups in total. The van der Waals surface area contributed by atoms with Gasteiger partial charge >= 0.3 is 0 Å². The van der Waals surface area contributed by atoms with Crippen molar-refractivity contribution in [3.63, 3.8) is 0 Å². The normalized spacial score (nSPS) is 13.5. The summed E-state index contributed by atoms with van der Waals surface area (Å²) in [4.78, 5) is 5.49. The fourth-order valence-corrected chi connectivity index (χ4v) is 18.0. The van der Waals surface area contributed by atoms with Crippen LogP contribution in [-0.4, -0.2) is 6.71 Å².